The van der Waals surface area contributed by atoms with Crippen molar-refractivity contribution in [2.24, 2.45) is 0 Å². The van der Waals surface area contributed by atoms with Gasteiger partial charge in [0, 0.05) is 6.54 Å². The highest BCUT2D eigenvalue weighted by atomic mass is 16.7. The van der Waals surface area contributed by atoms with Crippen molar-refractivity contribution in [2.45, 2.75) is 19.0 Å². The van der Waals surface area contributed by atoms with Gasteiger partial charge in [0.15, 0.2) is 11.5 Å². The van der Waals surface area contributed by atoms with E-state index in [0.717, 1.165) is 5.56 Å². The van der Waals surface area contributed by atoms with Crippen molar-refractivity contribution < 1.29 is 23.8 Å². The number of benzene rings is 2. The minimum absolute atomic E-state index is 0.134. The molecular weight excluding hydrogens is 336 g/mol. The Hall–Kier alpha value is -3.06. The molecule has 2 aromatic carbocycles. The van der Waals surface area contributed by atoms with E-state index in [9.17, 15) is 9.59 Å². The van der Waals surface area contributed by atoms with Crippen LogP contribution in [0.15, 0.2) is 42.5 Å². The van der Waals surface area contributed by atoms with Gasteiger partial charge >= 0.3 is 0 Å². The maximum absolute atomic E-state index is 12.6. The molecule has 1 N–H and O–H groups in total. The predicted molar refractivity (Wildman–Crippen MR) is 93.3 cm³/mol. The average molecular weight is 354 g/mol. The number of nitrogens with zero attached hydrogens (tertiary/aromatic N) is 1. The fourth-order valence-electron chi connectivity index (χ4n) is 3.09. The summed E-state index contributed by atoms with van der Waals surface area (Å²) >= 11 is 0. The van der Waals surface area contributed by atoms with Gasteiger partial charge in [-0.15, -0.1) is 0 Å². The largest absolute Gasteiger partial charge is 0.497 e. The number of fused-ring (bicyclic) bond motifs is 1. The maximum atomic E-state index is 12.6. The molecule has 4 rings (SSSR count). The molecule has 2 amide bonds. The van der Waals surface area contributed by atoms with Crippen molar-refractivity contribution in [3.63, 3.8) is 0 Å². The summed E-state index contributed by atoms with van der Waals surface area (Å²) in [5, 5.41) is 3.16. The van der Waals surface area contributed by atoms with Crippen LogP contribution in [0.5, 0.6) is 17.2 Å². The number of methoxy groups -OCH3 is 1. The van der Waals surface area contributed by atoms with E-state index >= 15 is 0 Å². The number of anilines is 1. The molecule has 26 heavy (non-hydrogen) atoms. The molecule has 2 aliphatic rings. The highest BCUT2D eigenvalue weighted by molar-refractivity contribution is 6.22. The smallest absolute Gasteiger partial charge is 0.251 e. The van der Waals surface area contributed by atoms with Crippen LogP contribution >= 0.6 is 0 Å². The standard InChI is InChI=1S/C19H18N2O5/c1-24-14-5-3-13(4-6-14)21-18(22)9-15(19(21)23)20-10-12-2-7-16-17(8-12)26-11-25-16/h2-8,15,20H,9-11H2,1H3/t15-/m1/s1. The van der Waals surface area contributed by atoms with Crippen LogP contribution in [0.25, 0.3) is 0 Å². The predicted octanol–water partition coefficient (Wildman–Crippen LogP) is 1.85. The van der Waals surface area contributed by atoms with E-state index in [0.29, 0.717) is 29.5 Å². The van der Waals surface area contributed by atoms with Gasteiger partial charge in [0.25, 0.3) is 5.91 Å². The fraction of sp³-hybridized carbons (Fsp3) is 0.263. The highest BCUT2D eigenvalue weighted by Crippen LogP contribution is 2.32. The van der Waals surface area contributed by atoms with E-state index < -0.39 is 6.04 Å². The summed E-state index contributed by atoms with van der Waals surface area (Å²) in [6, 6.07) is 11.9. The molecule has 2 heterocycles. The molecule has 0 unspecified atom stereocenters. The molecule has 1 fully saturated rings. The summed E-state index contributed by atoms with van der Waals surface area (Å²) < 4.78 is 15.7. The van der Waals surface area contributed by atoms with Crippen LogP contribution in [-0.2, 0) is 16.1 Å². The lowest BCUT2D eigenvalue weighted by molar-refractivity contribution is -0.121. The van der Waals surface area contributed by atoms with Crippen molar-refractivity contribution in [3.8, 4) is 17.2 Å². The zero-order valence-electron chi connectivity index (χ0n) is 14.2. The lowest BCUT2D eigenvalue weighted by atomic mass is 10.1. The average Bonchev–Trinajstić information content (AvgIpc) is 3.23. The zero-order valence-corrected chi connectivity index (χ0v) is 14.2. The molecule has 0 radical (unpaired) electrons. The molecule has 1 saturated heterocycles. The molecule has 1 atom stereocenters. The lowest BCUT2D eigenvalue weighted by Gasteiger charge is -2.16. The normalized spacial score (nSPS) is 18.5. The Morgan fingerprint density at radius 3 is 2.65 bits per heavy atom. The number of carbonyl (C=O) groups is 2. The van der Waals surface area contributed by atoms with Crippen LogP contribution in [-0.4, -0.2) is 31.8 Å². The number of rotatable bonds is 5. The molecular formula is C19H18N2O5. The number of imide groups is 1. The molecule has 0 saturated carbocycles. The summed E-state index contributed by atoms with van der Waals surface area (Å²) in [4.78, 5) is 26.2. The number of hydrogen-bond donors (Lipinski definition) is 1. The van der Waals surface area contributed by atoms with E-state index in [2.05, 4.69) is 5.32 Å². The summed E-state index contributed by atoms with van der Waals surface area (Å²) in [6.45, 7) is 0.676. The first-order valence-corrected chi connectivity index (χ1v) is 8.28. The first-order valence-electron chi connectivity index (χ1n) is 8.28. The van der Waals surface area contributed by atoms with Gasteiger partial charge in [-0.1, -0.05) is 6.07 Å². The second-order valence-corrected chi connectivity index (χ2v) is 6.09. The molecule has 134 valence electrons. The number of amides is 2. The van der Waals surface area contributed by atoms with Gasteiger partial charge < -0.3 is 19.5 Å². The maximum Gasteiger partial charge on any atom is 0.251 e. The Kier molecular flexibility index (Phi) is 4.22. The van der Waals surface area contributed by atoms with Gasteiger partial charge in [-0.2, -0.15) is 0 Å². The first kappa shape index (κ1) is 16.4. The van der Waals surface area contributed by atoms with Crippen molar-refractivity contribution in [3.05, 3.63) is 48.0 Å². The molecule has 0 bridgehead atoms. The second kappa shape index (κ2) is 6.68. The van der Waals surface area contributed by atoms with Crippen LogP contribution in [0.4, 0.5) is 5.69 Å². The SMILES string of the molecule is COc1ccc(N2C(=O)C[C@@H](NCc3ccc4c(c3)OCO4)C2=O)cc1. The molecule has 7 nitrogen and oxygen atoms in total. The third kappa shape index (κ3) is 2.97. The number of nitrogens with one attached hydrogen (secondary N) is 1. The summed E-state index contributed by atoms with van der Waals surface area (Å²) in [7, 11) is 1.57. The molecule has 0 spiro atoms. The van der Waals surface area contributed by atoms with E-state index in [4.69, 9.17) is 14.2 Å². The summed E-state index contributed by atoms with van der Waals surface area (Å²) in [6.07, 6.45) is 0.134. The van der Waals surface area contributed by atoms with E-state index in [1.807, 2.05) is 18.2 Å². The zero-order chi connectivity index (χ0) is 18.1. The topological polar surface area (TPSA) is 77.1 Å². The first-order chi connectivity index (χ1) is 12.7. The minimum Gasteiger partial charge on any atom is -0.497 e. The van der Waals surface area contributed by atoms with Crippen LogP contribution in [0.1, 0.15) is 12.0 Å². The van der Waals surface area contributed by atoms with Crippen LogP contribution in [0.2, 0.25) is 0 Å². The molecule has 0 aliphatic carbocycles. The van der Waals surface area contributed by atoms with E-state index in [1.54, 1.807) is 31.4 Å². The Morgan fingerprint density at radius 1 is 1.12 bits per heavy atom. The molecule has 7 heteroatoms. The van der Waals surface area contributed by atoms with E-state index in [1.165, 1.54) is 4.90 Å². The highest BCUT2D eigenvalue weighted by Gasteiger charge is 2.39. The third-order valence-corrected chi connectivity index (χ3v) is 4.47. The molecule has 2 aliphatic heterocycles. The van der Waals surface area contributed by atoms with Gasteiger partial charge in [-0.25, -0.2) is 4.90 Å². The quantitative estimate of drug-likeness (QED) is 0.826. The fourth-order valence-corrected chi connectivity index (χ4v) is 3.09. The van der Waals surface area contributed by atoms with Crippen molar-refractivity contribution >= 4 is 17.5 Å². The van der Waals surface area contributed by atoms with Crippen molar-refractivity contribution in [1.82, 2.24) is 5.32 Å². The van der Waals surface area contributed by atoms with Gasteiger partial charge in [-0.05, 0) is 42.0 Å². The molecule has 0 aromatic heterocycles. The lowest BCUT2D eigenvalue weighted by Crippen LogP contribution is -2.38. The molecule has 2 aromatic rings. The van der Waals surface area contributed by atoms with Crippen LogP contribution in [0, 0.1) is 0 Å². The Labute approximate surface area is 150 Å². The summed E-state index contributed by atoms with van der Waals surface area (Å²) in [5.74, 6) is 1.61. The van der Waals surface area contributed by atoms with Crippen molar-refractivity contribution in [2.75, 3.05) is 18.8 Å². The van der Waals surface area contributed by atoms with Gasteiger partial charge in [0.1, 0.15) is 5.75 Å². The third-order valence-electron chi connectivity index (χ3n) is 4.47. The minimum atomic E-state index is -0.546. The number of carbonyl (C=O) groups excluding carboxylic acids is 2. The van der Waals surface area contributed by atoms with Crippen LogP contribution < -0.4 is 24.4 Å². The Morgan fingerprint density at radius 2 is 1.88 bits per heavy atom. The summed E-state index contributed by atoms with van der Waals surface area (Å²) in [5.41, 5.74) is 1.51. The number of hydrogen-bond acceptors (Lipinski definition) is 6. The second-order valence-electron chi connectivity index (χ2n) is 6.09. The van der Waals surface area contributed by atoms with Crippen molar-refractivity contribution in [1.29, 1.82) is 0 Å². The van der Waals surface area contributed by atoms with E-state index in [-0.39, 0.29) is 25.0 Å². The number of ether oxygens (including phenoxy) is 3. The van der Waals surface area contributed by atoms with Gasteiger partial charge in [0.05, 0.1) is 25.3 Å². The van der Waals surface area contributed by atoms with Gasteiger partial charge in [0.2, 0.25) is 12.7 Å². The Balaban J connectivity index is 1.43. The van der Waals surface area contributed by atoms with Crippen LogP contribution in [0.3, 0.4) is 0 Å². The Bertz CT molecular complexity index is 850. The van der Waals surface area contributed by atoms with Gasteiger partial charge in [-0.3, -0.25) is 9.59 Å². The monoisotopic (exact) mass is 354 g/mol.